The predicted octanol–water partition coefficient (Wildman–Crippen LogP) is 5.07. The number of nitrogen functional groups attached to an aromatic ring is 1. The molecule has 0 fully saturated rings. The first-order valence-electron chi connectivity index (χ1n) is 9.18. The molecule has 0 bridgehead atoms. The smallest absolute Gasteiger partial charge is 0.250 e. The van der Waals surface area contributed by atoms with E-state index < -0.39 is 5.41 Å². The molecule has 2 aromatic heterocycles. The van der Waals surface area contributed by atoms with E-state index in [4.69, 9.17) is 15.0 Å². The molecular weight excluding hydrogens is 382 g/mol. The van der Waals surface area contributed by atoms with Gasteiger partial charge in [0.05, 0.1) is 12.8 Å². The summed E-state index contributed by atoms with van der Waals surface area (Å²) >= 11 is 0. The summed E-state index contributed by atoms with van der Waals surface area (Å²) in [6, 6.07) is 9.54. The third-order valence-electron chi connectivity index (χ3n) is 4.34. The molecule has 0 aliphatic heterocycles. The summed E-state index contributed by atoms with van der Waals surface area (Å²) in [6.45, 7) is 11.5. The molecule has 3 aromatic rings. The second-order valence-electron chi connectivity index (χ2n) is 7.72. The Hall–Kier alpha value is -3.93. The highest BCUT2D eigenvalue weighted by atomic mass is 16.5. The highest BCUT2D eigenvalue weighted by Crippen LogP contribution is 2.38. The number of anilines is 1. The zero-order chi connectivity index (χ0) is 22.1. The van der Waals surface area contributed by atoms with Gasteiger partial charge < -0.3 is 15.0 Å². The standard InChI is InChI=1S/C21H23N7O2/c1-12(2)16-17(19(23)30-27-16)24-25-20-13(11-22)18(21(3,4)5)26-28(20)14-9-7-8-10-15(14)29-6/h7-10H,1,23H2,2-6H3/b25-24+. The fourth-order valence-corrected chi connectivity index (χ4v) is 2.87. The van der Waals surface area contributed by atoms with Gasteiger partial charge in [-0.1, -0.05) is 44.6 Å². The zero-order valence-electron chi connectivity index (χ0n) is 17.6. The van der Waals surface area contributed by atoms with E-state index in [0.29, 0.717) is 34.0 Å². The molecule has 0 unspecified atom stereocenters. The molecule has 0 saturated carbocycles. The maximum absolute atomic E-state index is 9.90. The van der Waals surface area contributed by atoms with Crippen LogP contribution in [0.4, 0.5) is 17.4 Å². The number of aromatic nitrogens is 3. The Kier molecular flexibility index (Phi) is 5.43. The molecule has 0 radical (unpaired) electrons. The molecule has 2 heterocycles. The van der Waals surface area contributed by atoms with E-state index >= 15 is 0 Å². The highest BCUT2D eigenvalue weighted by molar-refractivity contribution is 5.74. The van der Waals surface area contributed by atoms with E-state index in [1.165, 1.54) is 0 Å². The lowest BCUT2D eigenvalue weighted by Crippen LogP contribution is -2.14. The third kappa shape index (κ3) is 3.67. The van der Waals surface area contributed by atoms with Gasteiger partial charge in [-0.3, -0.25) is 0 Å². The van der Waals surface area contributed by atoms with Crippen LogP contribution in [0, 0.1) is 11.3 Å². The molecule has 0 aliphatic rings. The largest absolute Gasteiger partial charge is 0.494 e. The van der Waals surface area contributed by atoms with Crippen LogP contribution < -0.4 is 10.5 Å². The summed E-state index contributed by atoms with van der Waals surface area (Å²) in [4.78, 5) is 0. The van der Waals surface area contributed by atoms with E-state index in [1.54, 1.807) is 24.8 Å². The van der Waals surface area contributed by atoms with Crippen LogP contribution in [0.5, 0.6) is 5.75 Å². The van der Waals surface area contributed by atoms with Gasteiger partial charge in [-0.2, -0.15) is 10.4 Å². The monoisotopic (exact) mass is 405 g/mol. The highest BCUT2D eigenvalue weighted by Gasteiger charge is 2.29. The van der Waals surface area contributed by atoms with Crippen molar-refractivity contribution in [2.75, 3.05) is 12.8 Å². The van der Waals surface area contributed by atoms with Crippen molar-refractivity contribution in [3.63, 3.8) is 0 Å². The van der Waals surface area contributed by atoms with Crippen molar-refractivity contribution >= 4 is 23.0 Å². The van der Waals surface area contributed by atoms with Gasteiger partial charge in [-0.05, 0) is 24.6 Å². The molecule has 0 atom stereocenters. The van der Waals surface area contributed by atoms with Crippen molar-refractivity contribution in [1.82, 2.24) is 14.9 Å². The van der Waals surface area contributed by atoms with Crippen LogP contribution in [0.2, 0.25) is 0 Å². The summed E-state index contributed by atoms with van der Waals surface area (Å²) in [6.07, 6.45) is 0. The number of hydrogen-bond donors (Lipinski definition) is 1. The van der Waals surface area contributed by atoms with Crippen molar-refractivity contribution in [3.8, 4) is 17.5 Å². The van der Waals surface area contributed by atoms with Gasteiger partial charge in [0.2, 0.25) is 0 Å². The SMILES string of the molecule is C=C(C)c1noc(N)c1/N=N/c1c(C#N)c(C(C)(C)C)nn1-c1ccccc1OC. The predicted molar refractivity (Wildman–Crippen MR) is 113 cm³/mol. The number of azo groups is 1. The maximum atomic E-state index is 9.90. The van der Waals surface area contributed by atoms with E-state index in [2.05, 4.69) is 33.1 Å². The molecule has 1 aromatic carbocycles. The molecule has 2 N–H and O–H groups in total. The summed E-state index contributed by atoms with van der Waals surface area (Å²) in [7, 11) is 1.57. The summed E-state index contributed by atoms with van der Waals surface area (Å²) in [5, 5.41) is 27.0. The minimum atomic E-state index is -0.401. The van der Waals surface area contributed by atoms with Crippen LogP contribution in [0.1, 0.15) is 44.6 Å². The van der Waals surface area contributed by atoms with Crippen molar-refractivity contribution < 1.29 is 9.26 Å². The maximum Gasteiger partial charge on any atom is 0.250 e. The summed E-state index contributed by atoms with van der Waals surface area (Å²) < 4.78 is 12.0. The first-order chi connectivity index (χ1) is 14.2. The Morgan fingerprint density at radius 1 is 1.30 bits per heavy atom. The minimum Gasteiger partial charge on any atom is -0.494 e. The van der Waals surface area contributed by atoms with Gasteiger partial charge in [-0.15, -0.1) is 10.2 Å². The quantitative estimate of drug-likeness (QED) is 0.590. The van der Waals surface area contributed by atoms with Gasteiger partial charge in [0.25, 0.3) is 5.88 Å². The number of para-hydroxylation sites is 2. The number of nitrogens with zero attached hydrogens (tertiary/aromatic N) is 6. The second kappa shape index (κ2) is 7.83. The number of nitriles is 1. The van der Waals surface area contributed by atoms with Gasteiger partial charge in [0.1, 0.15) is 28.8 Å². The number of hydrogen-bond acceptors (Lipinski definition) is 8. The summed E-state index contributed by atoms with van der Waals surface area (Å²) in [5.74, 6) is 0.836. The van der Waals surface area contributed by atoms with Gasteiger partial charge >= 0.3 is 0 Å². The van der Waals surface area contributed by atoms with E-state index in [0.717, 1.165) is 0 Å². The molecule has 154 valence electrons. The number of ether oxygens (including phenoxy) is 1. The van der Waals surface area contributed by atoms with Gasteiger partial charge in [0, 0.05) is 5.41 Å². The molecule has 9 nitrogen and oxygen atoms in total. The van der Waals surface area contributed by atoms with Crippen LogP contribution in [-0.4, -0.2) is 22.0 Å². The fourth-order valence-electron chi connectivity index (χ4n) is 2.87. The number of nitrogens with two attached hydrogens (primary N) is 1. The molecular formula is C21H23N7O2. The Labute approximate surface area is 174 Å². The van der Waals surface area contributed by atoms with Crippen LogP contribution in [-0.2, 0) is 5.41 Å². The zero-order valence-corrected chi connectivity index (χ0v) is 17.6. The normalized spacial score (nSPS) is 11.6. The van der Waals surface area contributed by atoms with Gasteiger partial charge in [0.15, 0.2) is 11.5 Å². The third-order valence-corrected chi connectivity index (χ3v) is 4.34. The topological polar surface area (TPSA) is 128 Å². The van der Waals surface area contributed by atoms with Crippen LogP contribution in [0.15, 0.2) is 45.6 Å². The first-order valence-corrected chi connectivity index (χ1v) is 9.18. The lowest BCUT2D eigenvalue weighted by Gasteiger charge is -2.15. The minimum absolute atomic E-state index is 0.00894. The number of allylic oxidation sites excluding steroid dienone is 1. The molecule has 30 heavy (non-hydrogen) atoms. The molecule has 0 amide bonds. The van der Waals surface area contributed by atoms with Crippen LogP contribution >= 0.6 is 0 Å². The van der Waals surface area contributed by atoms with Crippen molar-refractivity contribution in [3.05, 3.63) is 47.8 Å². The molecule has 0 spiro atoms. The van der Waals surface area contributed by atoms with Crippen molar-refractivity contribution in [1.29, 1.82) is 5.26 Å². The fraction of sp³-hybridized carbons (Fsp3) is 0.286. The lowest BCUT2D eigenvalue weighted by atomic mass is 9.90. The first kappa shape index (κ1) is 20.8. The number of rotatable bonds is 5. The summed E-state index contributed by atoms with van der Waals surface area (Å²) in [5.41, 5.74) is 8.24. The Morgan fingerprint density at radius 3 is 2.60 bits per heavy atom. The van der Waals surface area contributed by atoms with E-state index in [-0.39, 0.29) is 17.4 Å². The van der Waals surface area contributed by atoms with E-state index in [1.807, 2.05) is 39.0 Å². The van der Waals surface area contributed by atoms with Crippen LogP contribution in [0.25, 0.3) is 11.3 Å². The Bertz CT molecular complexity index is 1170. The van der Waals surface area contributed by atoms with Gasteiger partial charge in [-0.25, -0.2) is 4.68 Å². The molecule has 3 rings (SSSR count). The number of benzene rings is 1. The van der Waals surface area contributed by atoms with Crippen molar-refractivity contribution in [2.45, 2.75) is 33.1 Å². The van der Waals surface area contributed by atoms with E-state index in [9.17, 15) is 5.26 Å². The Morgan fingerprint density at radius 2 is 2.00 bits per heavy atom. The molecule has 0 saturated heterocycles. The molecule has 0 aliphatic carbocycles. The number of methoxy groups -OCH3 is 1. The average Bonchev–Trinajstić information content (AvgIpc) is 3.26. The molecule has 9 heteroatoms. The van der Waals surface area contributed by atoms with Crippen molar-refractivity contribution in [2.24, 2.45) is 10.2 Å². The Balaban J connectivity index is 2.28. The van der Waals surface area contributed by atoms with Crippen LogP contribution in [0.3, 0.4) is 0 Å². The lowest BCUT2D eigenvalue weighted by molar-refractivity contribution is 0.411. The average molecular weight is 405 g/mol. The second-order valence-corrected chi connectivity index (χ2v) is 7.72.